The van der Waals surface area contributed by atoms with E-state index in [9.17, 15) is 0 Å². The van der Waals surface area contributed by atoms with Crippen molar-refractivity contribution in [2.75, 3.05) is 5.73 Å². The van der Waals surface area contributed by atoms with Gasteiger partial charge in [0.25, 0.3) is 0 Å². The average molecular weight is 327 g/mol. The van der Waals surface area contributed by atoms with Gasteiger partial charge >= 0.3 is 0 Å². The smallest absolute Gasteiger partial charge is 0.181 e. The summed E-state index contributed by atoms with van der Waals surface area (Å²) in [4.78, 5) is 23.8. The molecule has 0 unspecified atom stereocenters. The Labute approximate surface area is 142 Å². The second-order valence-corrected chi connectivity index (χ2v) is 5.70. The van der Waals surface area contributed by atoms with Crippen molar-refractivity contribution in [1.82, 2.24) is 29.9 Å². The third-order valence-corrected chi connectivity index (χ3v) is 4.28. The molecule has 5 rings (SSSR count). The van der Waals surface area contributed by atoms with Crippen LogP contribution in [0.2, 0.25) is 0 Å². The van der Waals surface area contributed by atoms with E-state index in [4.69, 9.17) is 5.73 Å². The molecule has 0 aliphatic carbocycles. The molecule has 0 radical (unpaired) electrons. The van der Waals surface area contributed by atoms with Crippen molar-refractivity contribution in [3.63, 3.8) is 0 Å². The highest BCUT2D eigenvalue weighted by Gasteiger charge is 2.17. The molecule has 4 heterocycles. The zero-order valence-corrected chi connectivity index (χ0v) is 13.1. The van der Waals surface area contributed by atoms with Crippen LogP contribution in [0.4, 0.5) is 5.69 Å². The van der Waals surface area contributed by atoms with E-state index in [0.717, 1.165) is 38.9 Å². The standard InChI is InChI=1S/C18H13N7/c19-12-4-1-5-13-14(12)11(7-21-13)15-10(3-2-6-20-15)16-17-18(24-8-22-16)25-9-23-17/h1-9,21H,19H2,(H,22,23,24,25). The monoisotopic (exact) mass is 327 g/mol. The van der Waals surface area contributed by atoms with Crippen molar-refractivity contribution >= 4 is 27.8 Å². The molecule has 4 N–H and O–H groups in total. The first-order valence-corrected chi connectivity index (χ1v) is 7.78. The first-order valence-electron chi connectivity index (χ1n) is 7.78. The predicted octanol–water partition coefficient (Wildman–Crippen LogP) is 3.15. The minimum absolute atomic E-state index is 0.623. The number of benzene rings is 1. The van der Waals surface area contributed by atoms with Crippen LogP contribution in [0, 0.1) is 0 Å². The van der Waals surface area contributed by atoms with Gasteiger partial charge in [-0.1, -0.05) is 6.07 Å². The second-order valence-electron chi connectivity index (χ2n) is 5.70. The number of nitrogens with two attached hydrogens (primary N) is 1. The molecule has 0 aliphatic rings. The minimum atomic E-state index is 0.623. The first kappa shape index (κ1) is 13.7. The lowest BCUT2D eigenvalue weighted by Gasteiger charge is -2.08. The SMILES string of the molecule is Nc1cccc2[nH]cc(-c3ncccc3-c3ncnc4nc[nH]c34)c12. The average Bonchev–Trinajstić information content (AvgIpc) is 3.29. The van der Waals surface area contributed by atoms with Crippen molar-refractivity contribution in [3.05, 3.63) is 55.4 Å². The minimum Gasteiger partial charge on any atom is -0.398 e. The fraction of sp³-hybridized carbons (Fsp3) is 0. The van der Waals surface area contributed by atoms with E-state index in [0.29, 0.717) is 11.3 Å². The van der Waals surface area contributed by atoms with E-state index in [2.05, 4.69) is 29.9 Å². The van der Waals surface area contributed by atoms with Crippen LogP contribution in [0.25, 0.3) is 44.6 Å². The molecular weight excluding hydrogens is 314 g/mol. The van der Waals surface area contributed by atoms with Crippen LogP contribution in [0.15, 0.2) is 55.4 Å². The molecule has 7 nitrogen and oxygen atoms in total. The van der Waals surface area contributed by atoms with Crippen molar-refractivity contribution in [1.29, 1.82) is 0 Å². The highest BCUT2D eigenvalue weighted by atomic mass is 15.0. The van der Waals surface area contributed by atoms with Gasteiger partial charge in [0.1, 0.15) is 17.5 Å². The summed E-state index contributed by atoms with van der Waals surface area (Å²) in [5.41, 5.74) is 12.7. The van der Waals surface area contributed by atoms with E-state index >= 15 is 0 Å². The zero-order valence-electron chi connectivity index (χ0n) is 13.1. The molecule has 0 atom stereocenters. The number of nitrogen functional groups attached to an aromatic ring is 1. The summed E-state index contributed by atoms with van der Waals surface area (Å²) in [6.07, 6.45) is 6.82. The summed E-state index contributed by atoms with van der Waals surface area (Å²) in [5.74, 6) is 0. The third kappa shape index (κ3) is 1.99. The van der Waals surface area contributed by atoms with E-state index in [-0.39, 0.29) is 0 Å². The predicted molar refractivity (Wildman–Crippen MR) is 96.6 cm³/mol. The van der Waals surface area contributed by atoms with Crippen LogP contribution in [0.5, 0.6) is 0 Å². The van der Waals surface area contributed by atoms with Crippen LogP contribution < -0.4 is 5.73 Å². The molecule has 25 heavy (non-hydrogen) atoms. The Kier molecular flexibility index (Phi) is 2.81. The number of hydrogen-bond donors (Lipinski definition) is 3. The van der Waals surface area contributed by atoms with Crippen molar-refractivity contribution in [2.45, 2.75) is 0 Å². The molecular formula is C18H13N7. The fourth-order valence-corrected chi connectivity index (χ4v) is 3.18. The highest BCUT2D eigenvalue weighted by Crippen LogP contribution is 2.37. The van der Waals surface area contributed by atoms with Gasteiger partial charge < -0.3 is 15.7 Å². The number of pyridine rings is 1. The Morgan fingerprint density at radius 3 is 2.76 bits per heavy atom. The summed E-state index contributed by atoms with van der Waals surface area (Å²) in [7, 11) is 0. The Morgan fingerprint density at radius 1 is 0.840 bits per heavy atom. The van der Waals surface area contributed by atoms with Gasteiger partial charge in [0, 0.05) is 40.1 Å². The summed E-state index contributed by atoms with van der Waals surface area (Å²) in [5, 5.41) is 0.956. The number of aromatic amines is 2. The molecule has 0 bridgehead atoms. The Balaban J connectivity index is 1.83. The zero-order chi connectivity index (χ0) is 16.8. The van der Waals surface area contributed by atoms with E-state index in [1.54, 1.807) is 12.5 Å². The number of imidazole rings is 1. The van der Waals surface area contributed by atoms with Crippen molar-refractivity contribution in [2.24, 2.45) is 0 Å². The first-order chi connectivity index (χ1) is 12.3. The molecule has 0 aliphatic heterocycles. The highest BCUT2D eigenvalue weighted by molar-refractivity contribution is 6.05. The number of nitrogens with one attached hydrogen (secondary N) is 2. The Hall–Kier alpha value is -3.74. The van der Waals surface area contributed by atoms with Crippen LogP contribution in [-0.4, -0.2) is 29.9 Å². The Morgan fingerprint density at radius 2 is 1.80 bits per heavy atom. The van der Waals surface area contributed by atoms with Gasteiger partial charge in [-0.05, 0) is 24.3 Å². The normalized spacial score (nSPS) is 11.4. The molecule has 120 valence electrons. The molecule has 5 aromatic rings. The molecule has 0 spiro atoms. The lowest BCUT2D eigenvalue weighted by molar-refractivity contribution is 1.20. The maximum Gasteiger partial charge on any atom is 0.181 e. The molecule has 7 heteroatoms. The lowest BCUT2D eigenvalue weighted by atomic mass is 10.0. The number of fused-ring (bicyclic) bond motifs is 2. The molecule has 0 amide bonds. The van der Waals surface area contributed by atoms with Crippen molar-refractivity contribution < 1.29 is 0 Å². The number of H-pyrrole nitrogens is 2. The van der Waals surface area contributed by atoms with E-state index in [1.165, 1.54) is 6.33 Å². The van der Waals surface area contributed by atoms with Gasteiger partial charge in [-0.3, -0.25) is 4.98 Å². The number of rotatable bonds is 2. The summed E-state index contributed by atoms with van der Waals surface area (Å²) < 4.78 is 0. The van der Waals surface area contributed by atoms with Gasteiger partial charge in [-0.25, -0.2) is 15.0 Å². The van der Waals surface area contributed by atoms with Crippen LogP contribution in [-0.2, 0) is 0 Å². The number of anilines is 1. The van der Waals surface area contributed by atoms with Crippen molar-refractivity contribution in [3.8, 4) is 22.5 Å². The van der Waals surface area contributed by atoms with Gasteiger partial charge in [-0.15, -0.1) is 0 Å². The van der Waals surface area contributed by atoms with Crippen LogP contribution >= 0.6 is 0 Å². The van der Waals surface area contributed by atoms with Gasteiger partial charge in [-0.2, -0.15) is 0 Å². The molecule has 4 aromatic heterocycles. The summed E-state index contributed by atoms with van der Waals surface area (Å²) >= 11 is 0. The van der Waals surface area contributed by atoms with Gasteiger partial charge in [0.05, 0.1) is 12.0 Å². The van der Waals surface area contributed by atoms with Gasteiger partial charge in [0.2, 0.25) is 0 Å². The maximum absolute atomic E-state index is 6.21. The Bertz CT molecular complexity index is 1220. The van der Waals surface area contributed by atoms with E-state index in [1.807, 2.05) is 36.5 Å². The second kappa shape index (κ2) is 5.13. The third-order valence-electron chi connectivity index (χ3n) is 4.28. The molecule has 0 saturated heterocycles. The number of hydrogen-bond acceptors (Lipinski definition) is 5. The van der Waals surface area contributed by atoms with Crippen LogP contribution in [0.1, 0.15) is 0 Å². The maximum atomic E-state index is 6.21. The molecule has 0 fully saturated rings. The fourth-order valence-electron chi connectivity index (χ4n) is 3.18. The molecule has 0 saturated carbocycles. The lowest BCUT2D eigenvalue weighted by Crippen LogP contribution is -1.94. The number of aromatic nitrogens is 6. The van der Waals surface area contributed by atoms with E-state index < -0.39 is 0 Å². The number of nitrogens with zero attached hydrogens (tertiary/aromatic N) is 4. The summed E-state index contributed by atoms with van der Waals surface area (Å²) in [6, 6.07) is 9.69. The molecule has 1 aromatic carbocycles. The largest absolute Gasteiger partial charge is 0.398 e. The van der Waals surface area contributed by atoms with Gasteiger partial charge in [0.15, 0.2) is 5.65 Å². The van der Waals surface area contributed by atoms with Crippen LogP contribution in [0.3, 0.4) is 0 Å². The topological polar surface area (TPSA) is 109 Å². The summed E-state index contributed by atoms with van der Waals surface area (Å²) in [6.45, 7) is 0. The quantitative estimate of drug-likeness (QED) is 0.432.